The van der Waals surface area contributed by atoms with E-state index in [1.165, 1.54) is 22.6 Å². The summed E-state index contributed by atoms with van der Waals surface area (Å²) in [5.41, 5.74) is -0.307. The van der Waals surface area contributed by atoms with Gasteiger partial charge in [0.2, 0.25) is 5.95 Å². The normalized spacial score (nSPS) is 10.6. The molecule has 1 nitrogen and oxygen atoms in total. The minimum Gasteiger partial charge on any atom is -0.227 e. The van der Waals surface area contributed by atoms with Crippen LogP contribution in [0.5, 0.6) is 0 Å². The quantitative estimate of drug-likeness (QED) is 0.566. The molecule has 0 aliphatic rings. The van der Waals surface area contributed by atoms with Crippen LogP contribution >= 0.6 is 22.6 Å². The van der Waals surface area contributed by atoms with Gasteiger partial charge in [-0.25, -0.2) is 13.8 Å². The summed E-state index contributed by atoms with van der Waals surface area (Å²) in [5, 5.41) is 0. The zero-order valence-corrected chi connectivity index (χ0v) is 7.35. The molecule has 0 saturated heterocycles. The fourth-order valence-corrected chi connectivity index (χ4v) is 1.15. The van der Waals surface area contributed by atoms with Crippen LogP contribution in [0, 0.1) is 9.52 Å². The standard InChI is InChI=1S/C6H3F3IN/c7-5(8)3-1-2-11-6(9)4(3)10/h1-2,5H. The smallest absolute Gasteiger partial charge is 0.227 e. The van der Waals surface area contributed by atoms with Crippen LogP contribution in [-0.2, 0) is 0 Å². The van der Waals surface area contributed by atoms with Gasteiger partial charge in [0, 0.05) is 11.8 Å². The minimum atomic E-state index is -2.64. The third-order valence-electron chi connectivity index (χ3n) is 1.11. The predicted molar refractivity (Wildman–Crippen MR) is 41.9 cm³/mol. The average molecular weight is 273 g/mol. The Balaban J connectivity index is 3.17. The molecular weight excluding hydrogens is 270 g/mol. The summed E-state index contributed by atoms with van der Waals surface area (Å²) in [7, 11) is 0. The van der Waals surface area contributed by atoms with Gasteiger partial charge in [-0.2, -0.15) is 4.39 Å². The molecule has 0 amide bonds. The van der Waals surface area contributed by atoms with E-state index in [4.69, 9.17) is 0 Å². The van der Waals surface area contributed by atoms with Gasteiger partial charge in [0.1, 0.15) is 0 Å². The van der Waals surface area contributed by atoms with Crippen LogP contribution in [0.3, 0.4) is 0 Å². The molecule has 1 aromatic rings. The molecule has 0 fully saturated rings. The largest absolute Gasteiger partial charge is 0.265 e. The number of halogens is 4. The molecule has 0 aromatic carbocycles. The average Bonchev–Trinajstić information content (AvgIpc) is 1.94. The van der Waals surface area contributed by atoms with E-state index < -0.39 is 12.4 Å². The third kappa shape index (κ3) is 1.82. The first-order valence-corrected chi connectivity index (χ1v) is 3.79. The summed E-state index contributed by atoms with van der Waals surface area (Å²) in [6.45, 7) is 0. The summed E-state index contributed by atoms with van der Waals surface area (Å²) in [6, 6.07) is 1.11. The van der Waals surface area contributed by atoms with Gasteiger partial charge in [-0.15, -0.1) is 0 Å². The zero-order valence-electron chi connectivity index (χ0n) is 5.19. The number of hydrogen-bond acceptors (Lipinski definition) is 1. The number of rotatable bonds is 1. The molecule has 0 bridgehead atoms. The lowest BCUT2D eigenvalue weighted by molar-refractivity contribution is 0.149. The van der Waals surface area contributed by atoms with Gasteiger partial charge in [0.05, 0.1) is 3.57 Å². The Bertz CT molecular complexity index is 264. The second-order valence-electron chi connectivity index (χ2n) is 1.81. The summed E-state index contributed by atoms with van der Waals surface area (Å²) in [6.07, 6.45) is -1.61. The van der Waals surface area contributed by atoms with Crippen LogP contribution in [0.25, 0.3) is 0 Å². The lowest BCUT2D eigenvalue weighted by Crippen LogP contribution is -1.95. The van der Waals surface area contributed by atoms with Crippen molar-refractivity contribution in [3.05, 3.63) is 27.3 Å². The maximum atomic E-state index is 12.5. The summed E-state index contributed by atoms with van der Waals surface area (Å²) < 4.78 is 36.4. The number of alkyl halides is 2. The maximum absolute atomic E-state index is 12.5. The Labute approximate surface area is 74.8 Å². The molecule has 60 valence electrons. The minimum absolute atomic E-state index is 0.111. The monoisotopic (exact) mass is 273 g/mol. The molecule has 0 spiro atoms. The molecule has 1 aromatic heterocycles. The number of aromatic nitrogens is 1. The fraction of sp³-hybridized carbons (Fsp3) is 0.167. The Hall–Kier alpha value is -0.330. The highest BCUT2D eigenvalue weighted by molar-refractivity contribution is 14.1. The van der Waals surface area contributed by atoms with E-state index in [1.807, 2.05) is 0 Å². The SMILES string of the molecule is Fc1nccc(C(F)F)c1I. The molecule has 11 heavy (non-hydrogen) atoms. The molecule has 0 atom stereocenters. The van der Waals surface area contributed by atoms with Crippen LogP contribution in [0.1, 0.15) is 12.0 Å². The highest BCUT2D eigenvalue weighted by Crippen LogP contribution is 2.24. The summed E-state index contributed by atoms with van der Waals surface area (Å²) in [4.78, 5) is 3.21. The second kappa shape index (κ2) is 3.38. The topological polar surface area (TPSA) is 12.9 Å². The molecule has 1 rings (SSSR count). The Morgan fingerprint density at radius 3 is 2.55 bits per heavy atom. The van der Waals surface area contributed by atoms with Crippen molar-refractivity contribution in [2.45, 2.75) is 6.43 Å². The first-order chi connectivity index (χ1) is 5.13. The summed E-state index contributed by atoms with van der Waals surface area (Å²) >= 11 is 1.50. The van der Waals surface area contributed by atoms with Crippen molar-refractivity contribution in [1.82, 2.24) is 4.98 Å². The van der Waals surface area contributed by atoms with Gasteiger partial charge in [-0.3, -0.25) is 0 Å². The van der Waals surface area contributed by atoms with E-state index in [9.17, 15) is 13.2 Å². The Kier molecular flexibility index (Phi) is 2.69. The molecule has 0 N–H and O–H groups in total. The van der Waals surface area contributed by atoms with Crippen LogP contribution in [0.15, 0.2) is 12.3 Å². The molecule has 0 radical (unpaired) electrons. The van der Waals surface area contributed by atoms with Gasteiger partial charge in [-0.05, 0) is 28.7 Å². The van der Waals surface area contributed by atoms with Crippen molar-refractivity contribution in [2.24, 2.45) is 0 Å². The Morgan fingerprint density at radius 2 is 2.09 bits per heavy atom. The van der Waals surface area contributed by atoms with Crippen molar-refractivity contribution in [3.8, 4) is 0 Å². The van der Waals surface area contributed by atoms with Gasteiger partial charge < -0.3 is 0 Å². The zero-order chi connectivity index (χ0) is 8.43. The predicted octanol–water partition coefficient (Wildman–Crippen LogP) is 2.76. The van der Waals surface area contributed by atoms with Crippen LogP contribution < -0.4 is 0 Å². The molecule has 0 aliphatic carbocycles. The molecule has 0 unspecified atom stereocenters. The van der Waals surface area contributed by atoms with E-state index in [0.717, 1.165) is 12.3 Å². The number of nitrogens with zero attached hydrogens (tertiary/aromatic N) is 1. The van der Waals surface area contributed by atoms with Crippen molar-refractivity contribution in [1.29, 1.82) is 0 Å². The summed E-state index contributed by atoms with van der Waals surface area (Å²) in [5.74, 6) is -0.844. The number of pyridine rings is 1. The van der Waals surface area contributed by atoms with Crippen molar-refractivity contribution >= 4 is 22.6 Å². The molecular formula is C6H3F3IN. The number of hydrogen-bond donors (Lipinski definition) is 0. The van der Waals surface area contributed by atoms with E-state index in [0.29, 0.717) is 0 Å². The van der Waals surface area contributed by atoms with Crippen LogP contribution in [-0.4, -0.2) is 4.98 Å². The third-order valence-corrected chi connectivity index (χ3v) is 2.18. The van der Waals surface area contributed by atoms with Gasteiger partial charge in [0.15, 0.2) is 0 Å². The van der Waals surface area contributed by atoms with Gasteiger partial charge in [0.25, 0.3) is 6.43 Å². The first-order valence-electron chi connectivity index (χ1n) is 2.71. The van der Waals surface area contributed by atoms with E-state index in [1.54, 1.807) is 0 Å². The first kappa shape index (κ1) is 8.76. The molecule has 0 aliphatic heterocycles. The Morgan fingerprint density at radius 1 is 1.45 bits per heavy atom. The van der Waals surface area contributed by atoms with Gasteiger partial charge in [-0.1, -0.05) is 0 Å². The van der Waals surface area contributed by atoms with Crippen molar-refractivity contribution in [2.75, 3.05) is 0 Å². The van der Waals surface area contributed by atoms with Crippen LogP contribution in [0.4, 0.5) is 13.2 Å². The molecule has 5 heteroatoms. The lowest BCUT2D eigenvalue weighted by Gasteiger charge is -2.01. The second-order valence-corrected chi connectivity index (χ2v) is 2.88. The lowest BCUT2D eigenvalue weighted by atomic mass is 10.3. The highest BCUT2D eigenvalue weighted by Gasteiger charge is 2.14. The van der Waals surface area contributed by atoms with E-state index in [2.05, 4.69) is 4.98 Å². The fourth-order valence-electron chi connectivity index (χ4n) is 0.600. The van der Waals surface area contributed by atoms with Crippen molar-refractivity contribution in [3.63, 3.8) is 0 Å². The highest BCUT2D eigenvalue weighted by atomic mass is 127. The van der Waals surface area contributed by atoms with Crippen molar-refractivity contribution < 1.29 is 13.2 Å². The van der Waals surface area contributed by atoms with E-state index in [-0.39, 0.29) is 9.13 Å². The van der Waals surface area contributed by atoms with Gasteiger partial charge >= 0.3 is 0 Å². The molecule has 1 heterocycles. The maximum Gasteiger partial charge on any atom is 0.265 e. The van der Waals surface area contributed by atoms with Crippen LogP contribution in [0.2, 0.25) is 0 Å². The van der Waals surface area contributed by atoms with E-state index >= 15 is 0 Å². The molecule has 0 saturated carbocycles.